The van der Waals surface area contributed by atoms with E-state index in [0.717, 1.165) is 21.7 Å². The number of rotatable bonds is 7. The molecule has 34 heavy (non-hydrogen) atoms. The van der Waals surface area contributed by atoms with Crippen molar-refractivity contribution in [2.45, 2.75) is 11.5 Å². The van der Waals surface area contributed by atoms with Crippen LogP contribution in [0.3, 0.4) is 0 Å². The van der Waals surface area contributed by atoms with Crippen LogP contribution < -0.4 is 14.4 Å². The van der Waals surface area contributed by atoms with Crippen LogP contribution in [0, 0.1) is 11.3 Å². The van der Waals surface area contributed by atoms with Gasteiger partial charge in [-0.25, -0.2) is 0 Å². The largest absolute Gasteiger partial charge is 0.493 e. The molecule has 0 unspecified atom stereocenters. The van der Waals surface area contributed by atoms with E-state index in [9.17, 15) is 10.1 Å². The zero-order valence-corrected chi connectivity index (χ0v) is 20.9. The van der Waals surface area contributed by atoms with Crippen molar-refractivity contribution in [3.63, 3.8) is 0 Å². The number of carbonyl (C=O) groups is 1. The summed E-state index contributed by atoms with van der Waals surface area (Å²) in [4.78, 5) is 16.3. The monoisotopic (exact) mass is 504 g/mol. The molecule has 1 aliphatic heterocycles. The second-order valence-corrected chi connectivity index (χ2v) is 9.74. The molecule has 0 radical (unpaired) electrons. The SMILES string of the molecule is COc1cc(/C=C2\SC(=S)N(c3cccc(SC)c3)C2=O)ccc1OCc1ccccc1C#N. The number of carbonyl (C=O) groups excluding carboxylic acids is 1. The highest BCUT2D eigenvalue weighted by molar-refractivity contribution is 8.27. The summed E-state index contributed by atoms with van der Waals surface area (Å²) in [6.45, 7) is 0.243. The molecule has 170 valence electrons. The van der Waals surface area contributed by atoms with Crippen molar-refractivity contribution >= 4 is 57.7 Å². The number of hydrogen-bond donors (Lipinski definition) is 0. The molecule has 0 N–H and O–H groups in total. The van der Waals surface area contributed by atoms with Gasteiger partial charge in [0.1, 0.15) is 6.61 Å². The molecule has 0 atom stereocenters. The van der Waals surface area contributed by atoms with Crippen LogP contribution in [0.2, 0.25) is 0 Å². The third-order valence-electron chi connectivity index (χ3n) is 5.11. The van der Waals surface area contributed by atoms with Crippen LogP contribution in [0.25, 0.3) is 6.08 Å². The lowest BCUT2D eigenvalue weighted by Gasteiger charge is -2.15. The number of anilines is 1. The van der Waals surface area contributed by atoms with Crippen molar-refractivity contribution < 1.29 is 14.3 Å². The van der Waals surface area contributed by atoms with Crippen molar-refractivity contribution in [1.82, 2.24) is 0 Å². The van der Waals surface area contributed by atoms with Gasteiger partial charge in [0.05, 0.1) is 29.3 Å². The summed E-state index contributed by atoms with van der Waals surface area (Å²) in [6.07, 6.45) is 3.79. The van der Waals surface area contributed by atoms with E-state index in [1.807, 2.05) is 60.9 Å². The maximum absolute atomic E-state index is 13.1. The van der Waals surface area contributed by atoms with E-state index in [1.54, 1.807) is 42.0 Å². The molecular weight excluding hydrogens is 484 g/mol. The highest BCUT2D eigenvalue weighted by Gasteiger charge is 2.33. The van der Waals surface area contributed by atoms with Gasteiger partial charge in [0, 0.05) is 10.5 Å². The normalized spacial score (nSPS) is 14.4. The van der Waals surface area contributed by atoms with Crippen molar-refractivity contribution in [2.75, 3.05) is 18.3 Å². The van der Waals surface area contributed by atoms with Gasteiger partial charge >= 0.3 is 0 Å². The lowest BCUT2D eigenvalue weighted by atomic mass is 10.1. The van der Waals surface area contributed by atoms with Gasteiger partial charge in [-0.15, -0.1) is 11.8 Å². The highest BCUT2D eigenvalue weighted by atomic mass is 32.2. The zero-order chi connectivity index (χ0) is 24.1. The number of nitriles is 1. The smallest absolute Gasteiger partial charge is 0.270 e. The van der Waals surface area contributed by atoms with Crippen molar-refractivity contribution in [2.24, 2.45) is 0 Å². The molecule has 1 amide bonds. The van der Waals surface area contributed by atoms with E-state index >= 15 is 0 Å². The maximum atomic E-state index is 13.1. The second-order valence-electron chi connectivity index (χ2n) is 7.19. The molecule has 8 heteroatoms. The molecule has 1 aliphatic rings. The Morgan fingerprint density at radius 1 is 1.12 bits per heavy atom. The average Bonchev–Trinajstić information content (AvgIpc) is 3.15. The Kier molecular flexibility index (Phi) is 7.58. The first-order chi connectivity index (χ1) is 16.5. The Morgan fingerprint density at radius 2 is 1.94 bits per heavy atom. The lowest BCUT2D eigenvalue weighted by molar-refractivity contribution is -0.113. The molecule has 0 aromatic heterocycles. The summed E-state index contributed by atoms with van der Waals surface area (Å²) in [5.41, 5.74) is 2.92. The zero-order valence-electron chi connectivity index (χ0n) is 18.5. The Labute approximate surface area is 212 Å². The number of benzene rings is 3. The molecular formula is C26H20N2O3S3. The van der Waals surface area contributed by atoms with Gasteiger partial charge in [0.15, 0.2) is 15.8 Å². The van der Waals surface area contributed by atoms with Gasteiger partial charge in [-0.2, -0.15) is 5.26 Å². The topological polar surface area (TPSA) is 62.6 Å². The molecule has 0 aliphatic carbocycles. The number of thioether (sulfide) groups is 2. The fraction of sp³-hybridized carbons (Fsp3) is 0.115. The molecule has 0 bridgehead atoms. The lowest BCUT2D eigenvalue weighted by Crippen LogP contribution is -2.27. The van der Waals surface area contributed by atoms with Gasteiger partial charge in [-0.3, -0.25) is 9.69 Å². The Hall–Kier alpha value is -3.25. The van der Waals surface area contributed by atoms with Gasteiger partial charge in [0.2, 0.25) is 0 Å². The van der Waals surface area contributed by atoms with Gasteiger partial charge in [-0.05, 0) is 54.3 Å². The van der Waals surface area contributed by atoms with Crippen molar-refractivity contribution in [1.29, 1.82) is 5.26 Å². The van der Waals surface area contributed by atoms with Crippen LogP contribution in [-0.2, 0) is 11.4 Å². The van der Waals surface area contributed by atoms with E-state index in [2.05, 4.69) is 6.07 Å². The molecule has 0 saturated carbocycles. The number of amides is 1. The first-order valence-corrected chi connectivity index (χ1v) is 12.7. The summed E-state index contributed by atoms with van der Waals surface area (Å²) in [5.74, 6) is 0.931. The summed E-state index contributed by atoms with van der Waals surface area (Å²) in [7, 11) is 1.56. The van der Waals surface area contributed by atoms with Gasteiger partial charge in [0.25, 0.3) is 5.91 Å². The number of hydrogen-bond acceptors (Lipinski definition) is 7. The molecule has 0 spiro atoms. The van der Waals surface area contributed by atoms with Crippen molar-refractivity contribution in [3.8, 4) is 17.6 Å². The quantitative estimate of drug-likeness (QED) is 0.213. The molecule has 4 rings (SSSR count). The van der Waals surface area contributed by atoms with Crippen LogP contribution in [-0.4, -0.2) is 23.6 Å². The summed E-state index contributed by atoms with van der Waals surface area (Å²) >= 11 is 8.38. The highest BCUT2D eigenvalue weighted by Crippen LogP contribution is 2.38. The van der Waals surface area contributed by atoms with Crippen LogP contribution in [0.1, 0.15) is 16.7 Å². The predicted octanol–water partition coefficient (Wildman–Crippen LogP) is 6.27. The third kappa shape index (κ3) is 5.12. The van der Waals surface area contributed by atoms with Gasteiger partial charge < -0.3 is 9.47 Å². The molecule has 3 aromatic rings. The molecule has 1 fully saturated rings. The maximum Gasteiger partial charge on any atom is 0.270 e. The van der Waals surface area contributed by atoms with Crippen LogP contribution in [0.4, 0.5) is 5.69 Å². The molecule has 3 aromatic carbocycles. The van der Waals surface area contributed by atoms with E-state index in [0.29, 0.717) is 26.3 Å². The first kappa shape index (κ1) is 23.9. The average molecular weight is 505 g/mol. The van der Waals surface area contributed by atoms with Gasteiger partial charge in [-0.1, -0.05) is 54.3 Å². The first-order valence-electron chi connectivity index (χ1n) is 10.2. The summed E-state index contributed by atoms with van der Waals surface area (Å²) in [6, 6.07) is 22.7. The van der Waals surface area contributed by atoms with E-state index in [4.69, 9.17) is 21.7 Å². The summed E-state index contributed by atoms with van der Waals surface area (Å²) < 4.78 is 11.9. The second kappa shape index (κ2) is 10.8. The Balaban J connectivity index is 1.54. The number of ether oxygens (including phenoxy) is 2. The minimum Gasteiger partial charge on any atom is -0.493 e. The third-order valence-corrected chi connectivity index (χ3v) is 7.14. The number of thiocarbonyl (C=S) groups is 1. The van der Waals surface area contributed by atoms with Crippen LogP contribution in [0.15, 0.2) is 76.5 Å². The Morgan fingerprint density at radius 3 is 2.71 bits per heavy atom. The van der Waals surface area contributed by atoms with E-state index < -0.39 is 0 Å². The van der Waals surface area contributed by atoms with Crippen molar-refractivity contribution in [3.05, 3.63) is 88.3 Å². The standard InChI is InChI=1S/C26H20N2O3S3/c1-30-23-12-17(10-11-22(23)31-16-19-7-4-3-6-18(19)15-27)13-24-25(29)28(26(32)34-24)20-8-5-9-21(14-20)33-2/h3-14H,16H2,1-2H3/b24-13-. The number of nitrogens with zero attached hydrogens (tertiary/aromatic N) is 2. The predicted molar refractivity (Wildman–Crippen MR) is 142 cm³/mol. The fourth-order valence-corrected chi connectivity index (χ4v) is 5.15. The number of methoxy groups -OCH3 is 1. The fourth-order valence-electron chi connectivity index (χ4n) is 3.40. The van der Waals surface area contributed by atoms with E-state index in [-0.39, 0.29) is 12.5 Å². The minimum absolute atomic E-state index is 0.152. The molecule has 1 saturated heterocycles. The molecule has 5 nitrogen and oxygen atoms in total. The van der Waals surface area contributed by atoms with Crippen LogP contribution in [0.5, 0.6) is 11.5 Å². The van der Waals surface area contributed by atoms with Crippen LogP contribution >= 0.6 is 35.7 Å². The minimum atomic E-state index is -0.152. The Bertz CT molecular complexity index is 1330. The molecule has 1 heterocycles. The summed E-state index contributed by atoms with van der Waals surface area (Å²) in [5, 5.41) is 9.27. The van der Waals surface area contributed by atoms with E-state index in [1.165, 1.54) is 11.8 Å².